The standard InChI is InChI=1S/C12H19NOS/c14-8-2-5-11-4-1-7-13(11)10-12-6-3-9-15-12/h3,6,9,11,14H,1-2,4-5,7-8,10H2. The van der Waals surface area contributed by atoms with Gasteiger partial charge in [0, 0.05) is 24.1 Å². The molecule has 1 aromatic heterocycles. The van der Waals surface area contributed by atoms with Gasteiger partial charge in [-0.3, -0.25) is 4.90 Å². The number of rotatable bonds is 5. The Morgan fingerprint density at radius 1 is 1.53 bits per heavy atom. The first-order valence-electron chi connectivity index (χ1n) is 5.77. The Kier molecular flexibility index (Phi) is 4.18. The smallest absolute Gasteiger partial charge is 0.0431 e. The number of thiophene rings is 1. The van der Waals surface area contributed by atoms with Crippen molar-refractivity contribution < 1.29 is 5.11 Å². The number of hydrogen-bond donors (Lipinski definition) is 1. The second-order valence-corrected chi connectivity index (χ2v) is 5.24. The third-order valence-corrected chi connectivity index (χ3v) is 3.99. The Morgan fingerprint density at radius 2 is 2.47 bits per heavy atom. The van der Waals surface area contributed by atoms with Crippen LogP contribution in [0.1, 0.15) is 30.6 Å². The van der Waals surface area contributed by atoms with E-state index in [2.05, 4.69) is 22.4 Å². The van der Waals surface area contributed by atoms with Crippen LogP contribution in [0.25, 0.3) is 0 Å². The molecule has 2 heterocycles. The van der Waals surface area contributed by atoms with Crippen LogP contribution in [-0.4, -0.2) is 29.2 Å². The molecule has 0 bridgehead atoms. The van der Waals surface area contributed by atoms with Crippen molar-refractivity contribution >= 4 is 11.3 Å². The van der Waals surface area contributed by atoms with Crippen molar-refractivity contribution in [3.8, 4) is 0 Å². The monoisotopic (exact) mass is 225 g/mol. The highest BCUT2D eigenvalue weighted by Crippen LogP contribution is 2.24. The Labute approximate surface area is 95.5 Å². The summed E-state index contributed by atoms with van der Waals surface area (Å²) in [7, 11) is 0. The predicted molar refractivity (Wildman–Crippen MR) is 64.1 cm³/mol. The van der Waals surface area contributed by atoms with Gasteiger partial charge in [0.25, 0.3) is 0 Å². The molecule has 1 atom stereocenters. The molecular weight excluding hydrogens is 206 g/mol. The summed E-state index contributed by atoms with van der Waals surface area (Å²) in [5, 5.41) is 11.0. The first-order chi connectivity index (χ1) is 7.40. The van der Waals surface area contributed by atoms with Crippen molar-refractivity contribution in [2.24, 2.45) is 0 Å². The summed E-state index contributed by atoms with van der Waals surface area (Å²) in [4.78, 5) is 4.03. The molecule has 0 radical (unpaired) electrons. The van der Waals surface area contributed by atoms with Crippen LogP contribution in [0.5, 0.6) is 0 Å². The van der Waals surface area contributed by atoms with E-state index in [4.69, 9.17) is 5.11 Å². The van der Waals surface area contributed by atoms with Gasteiger partial charge in [-0.25, -0.2) is 0 Å². The van der Waals surface area contributed by atoms with Crippen LogP contribution < -0.4 is 0 Å². The molecule has 1 N–H and O–H groups in total. The lowest BCUT2D eigenvalue weighted by Gasteiger charge is -2.23. The maximum atomic E-state index is 8.85. The van der Waals surface area contributed by atoms with Crippen LogP contribution in [0, 0.1) is 0 Å². The molecule has 1 aromatic rings. The topological polar surface area (TPSA) is 23.5 Å². The third-order valence-electron chi connectivity index (χ3n) is 3.13. The molecule has 1 aliphatic heterocycles. The molecule has 0 aromatic carbocycles. The Morgan fingerprint density at radius 3 is 3.20 bits per heavy atom. The zero-order valence-corrected chi connectivity index (χ0v) is 9.88. The lowest BCUT2D eigenvalue weighted by Crippen LogP contribution is -2.28. The van der Waals surface area contributed by atoms with Gasteiger partial charge in [0.05, 0.1) is 0 Å². The summed E-state index contributed by atoms with van der Waals surface area (Å²) in [5.41, 5.74) is 0. The molecule has 2 nitrogen and oxygen atoms in total. The molecule has 0 spiro atoms. The van der Waals surface area contributed by atoms with E-state index < -0.39 is 0 Å². The second kappa shape index (κ2) is 5.64. The van der Waals surface area contributed by atoms with Gasteiger partial charge in [0.15, 0.2) is 0 Å². The molecule has 15 heavy (non-hydrogen) atoms. The second-order valence-electron chi connectivity index (χ2n) is 4.21. The zero-order chi connectivity index (χ0) is 10.5. The van der Waals surface area contributed by atoms with Crippen LogP contribution in [0.4, 0.5) is 0 Å². The quantitative estimate of drug-likeness (QED) is 0.832. The fraction of sp³-hybridized carbons (Fsp3) is 0.667. The first kappa shape index (κ1) is 11.1. The van der Waals surface area contributed by atoms with Crippen molar-refractivity contribution in [3.63, 3.8) is 0 Å². The normalized spacial score (nSPS) is 22.3. The summed E-state index contributed by atoms with van der Waals surface area (Å²) in [5.74, 6) is 0. The molecule has 0 amide bonds. The summed E-state index contributed by atoms with van der Waals surface area (Å²) < 4.78 is 0. The summed E-state index contributed by atoms with van der Waals surface area (Å²) in [6.45, 7) is 2.67. The zero-order valence-electron chi connectivity index (χ0n) is 9.06. The lowest BCUT2D eigenvalue weighted by molar-refractivity contribution is 0.211. The number of aliphatic hydroxyl groups is 1. The molecule has 1 aliphatic rings. The molecule has 3 heteroatoms. The van der Waals surface area contributed by atoms with Crippen LogP contribution >= 0.6 is 11.3 Å². The average Bonchev–Trinajstić information content (AvgIpc) is 2.87. The summed E-state index contributed by atoms with van der Waals surface area (Å²) in [6, 6.07) is 5.05. The molecule has 1 saturated heterocycles. The molecule has 1 unspecified atom stereocenters. The fourth-order valence-corrected chi connectivity index (χ4v) is 3.09. The molecule has 1 fully saturated rings. The molecule has 0 saturated carbocycles. The first-order valence-corrected chi connectivity index (χ1v) is 6.65. The van der Waals surface area contributed by atoms with Crippen LogP contribution in [0.2, 0.25) is 0 Å². The average molecular weight is 225 g/mol. The van der Waals surface area contributed by atoms with E-state index in [0.717, 1.165) is 19.4 Å². The number of nitrogens with zero attached hydrogens (tertiary/aromatic N) is 1. The maximum Gasteiger partial charge on any atom is 0.0431 e. The van der Waals surface area contributed by atoms with E-state index >= 15 is 0 Å². The SMILES string of the molecule is OCCCC1CCCN1Cc1cccs1. The van der Waals surface area contributed by atoms with Gasteiger partial charge in [0.1, 0.15) is 0 Å². The number of hydrogen-bond acceptors (Lipinski definition) is 3. The van der Waals surface area contributed by atoms with Crippen molar-refractivity contribution in [2.75, 3.05) is 13.2 Å². The highest BCUT2D eigenvalue weighted by Gasteiger charge is 2.23. The van der Waals surface area contributed by atoms with Crippen molar-refractivity contribution in [3.05, 3.63) is 22.4 Å². The maximum absolute atomic E-state index is 8.85. The van der Waals surface area contributed by atoms with Crippen molar-refractivity contribution in [1.82, 2.24) is 4.90 Å². The van der Waals surface area contributed by atoms with Gasteiger partial charge >= 0.3 is 0 Å². The van der Waals surface area contributed by atoms with E-state index in [0.29, 0.717) is 12.6 Å². The van der Waals surface area contributed by atoms with E-state index in [1.165, 1.54) is 24.3 Å². The van der Waals surface area contributed by atoms with Gasteiger partial charge in [0.2, 0.25) is 0 Å². The molecule has 84 valence electrons. The van der Waals surface area contributed by atoms with Crippen molar-refractivity contribution in [1.29, 1.82) is 0 Å². The van der Waals surface area contributed by atoms with E-state index in [1.54, 1.807) is 0 Å². The van der Waals surface area contributed by atoms with Crippen LogP contribution in [0.15, 0.2) is 17.5 Å². The van der Waals surface area contributed by atoms with Crippen LogP contribution in [-0.2, 0) is 6.54 Å². The molecule has 2 rings (SSSR count). The minimum absolute atomic E-state index is 0.337. The molecule has 0 aliphatic carbocycles. The van der Waals surface area contributed by atoms with Gasteiger partial charge in [-0.15, -0.1) is 11.3 Å². The fourth-order valence-electron chi connectivity index (χ4n) is 2.36. The van der Waals surface area contributed by atoms with E-state index in [-0.39, 0.29) is 0 Å². The number of likely N-dealkylation sites (tertiary alicyclic amines) is 1. The predicted octanol–water partition coefficient (Wildman–Crippen LogP) is 2.49. The van der Waals surface area contributed by atoms with Gasteiger partial charge in [-0.2, -0.15) is 0 Å². The summed E-state index contributed by atoms with van der Waals surface area (Å²) >= 11 is 1.84. The lowest BCUT2D eigenvalue weighted by atomic mass is 10.1. The highest BCUT2D eigenvalue weighted by atomic mass is 32.1. The van der Waals surface area contributed by atoms with Crippen LogP contribution in [0.3, 0.4) is 0 Å². The third kappa shape index (κ3) is 3.03. The Hall–Kier alpha value is -0.380. The molecular formula is C12H19NOS. The summed E-state index contributed by atoms with van der Waals surface area (Å²) in [6.07, 6.45) is 4.74. The minimum atomic E-state index is 0.337. The van der Waals surface area contributed by atoms with Gasteiger partial charge in [-0.05, 0) is 43.7 Å². The highest BCUT2D eigenvalue weighted by molar-refractivity contribution is 7.09. The van der Waals surface area contributed by atoms with Gasteiger partial charge in [-0.1, -0.05) is 6.07 Å². The van der Waals surface area contributed by atoms with E-state index in [1.807, 2.05) is 11.3 Å². The van der Waals surface area contributed by atoms with Crippen molar-refractivity contribution in [2.45, 2.75) is 38.3 Å². The Balaban J connectivity index is 1.85. The van der Waals surface area contributed by atoms with Gasteiger partial charge < -0.3 is 5.11 Å². The Bertz CT molecular complexity index is 273. The van der Waals surface area contributed by atoms with E-state index in [9.17, 15) is 0 Å². The largest absolute Gasteiger partial charge is 0.396 e. The minimum Gasteiger partial charge on any atom is -0.396 e. The number of aliphatic hydroxyl groups excluding tert-OH is 1.